The third-order valence-corrected chi connectivity index (χ3v) is 4.16. The van der Waals surface area contributed by atoms with Crippen LogP contribution >= 0.6 is 0 Å². The Bertz CT molecular complexity index is 397. The van der Waals surface area contributed by atoms with Crippen LogP contribution in [0.4, 0.5) is 4.39 Å². The van der Waals surface area contributed by atoms with E-state index in [1.165, 1.54) is 18.4 Å². The van der Waals surface area contributed by atoms with E-state index in [0.29, 0.717) is 12.5 Å². The van der Waals surface area contributed by atoms with Crippen molar-refractivity contribution in [1.29, 1.82) is 0 Å². The van der Waals surface area contributed by atoms with E-state index in [0.717, 1.165) is 32.7 Å². The number of nitrogens with zero attached hydrogens (tertiary/aromatic N) is 2. The zero-order valence-corrected chi connectivity index (χ0v) is 10.8. The molecule has 2 heterocycles. The maximum atomic E-state index is 13.3. The van der Waals surface area contributed by atoms with E-state index in [4.69, 9.17) is 0 Å². The Kier molecular flexibility index (Phi) is 3.62. The first-order valence-electron chi connectivity index (χ1n) is 6.98. The van der Waals surface area contributed by atoms with Crippen LogP contribution in [0.2, 0.25) is 0 Å². The molecule has 0 spiro atoms. The normalized spacial score (nSPS) is 29.7. The second-order valence-electron chi connectivity index (χ2n) is 5.49. The number of piperazine rings is 1. The number of hydrogen-bond donors (Lipinski definition) is 0. The van der Waals surface area contributed by atoms with E-state index in [1.54, 1.807) is 0 Å². The lowest BCUT2D eigenvalue weighted by Crippen LogP contribution is -2.54. The maximum absolute atomic E-state index is 13.3. The lowest BCUT2D eigenvalue weighted by atomic mass is 10.0. The smallest absolute Gasteiger partial charge is 0.0988 e. The van der Waals surface area contributed by atoms with E-state index >= 15 is 0 Å². The van der Waals surface area contributed by atoms with Gasteiger partial charge in [-0.3, -0.25) is 9.80 Å². The molecule has 98 valence electrons. The largest absolute Gasteiger partial charge is 0.296 e. The van der Waals surface area contributed by atoms with Crippen LogP contribution in [0.15, 0.2) is 35.7 Å². The molecule has 2 aliphatic heterocycles. The molecule has 0 N–H and O–H groups in total. The van der Waals surface area contributed by atoms with E-state index < -0.39 is 0 Å². The van der Waals surface area contributed by atoms with Gasteiger partial charge in [0.2, 0.25) is 0 Å². The second kappa shape index (κ2) is 5.37. The molecule has 0 bridgehead atoms. The molecule has 1 unspecified atom stereocenters. The molecule has 2 nitrogen and oxygen atoms in total. The van der Waals surface area contributed by atoms with Crippen LogP contribution in [0, 0.1) is 0 Å². The minimum atomic E-state index is 0.0814. The van der Waals surface area contributed by atoms with Crippen LogP contribution in [-0.4, -0.2) is 48.6 Å². The van der Waals surface area contributed by atoms with Gasteiger partial charge in [0.1, 0.15) is 0 Å². The molecule has 0 amide bonds. The van der Waals surface area contributed by atoms with E-state index in [1.807, 2.05) is 6.08 Å². The molecule has 0 aromatic heterocycles. The predicted octanol–water partition coefficient (Wildman–Crippen LogP) is 2.51. The Morgan fingerprint density at radius 2 is 2.17 bits per heavy atom. The van der Waals surface area contributed by atoms with Crippen LogP contribution in [0.1, 0.15) is 19.3 Å². The van der Waals surface area contributed by atoms with Gasteiger partial charge in [-0.2, -0.15) is 0 Å². The minimum absolute atomic E-state index is 0.0814. The highest BCUT2D eigenvalue weighted by molar-refractivity contribution is 5.19. The fourth-order valence-corrected chi connectivity index (χ4v) is 3.10. The number of hydrogen-bond acceptors (Lipinski definition) is 2. The highest BCUT2D eigenvalue weighted by Crippen LogP contribution is 2.22. The molecule has 1 fully saturated rings. The highest BCUT2D eigenvalue weighted by Gasteiger charge is 2.28. The van der Waals surface area contributed by atoms with Crippen molar-refractivity contribution in [2.45, 2.75) is 25.3 Å². The van der Waals surface area contributed by atoms with Crippen molar-refractivity contribution in [3.05, 3.63) is 35.7 Å². The fourth-order valence-electron chi connectivity index (χ4n) is 3.10. The summed E-state index contributed by atoms with van der Waals surface area (Å²) in [6, 6.07) is 0.298. The van der Waals surface area contributed by atoms with E-state index in [-0.39, 0.29) is 5.83 Å². The average molecular weight is 248 g/mol. The van der Waals surface area contributed by atoms with E-state index in [2.05, 4.69) is 28.0 Å². The summed E-state index contributed by atoms with van der Waals surface area (Å²) in [6.07, 6.45) is 11.4. The van der Waals surface area contributed by atoms with Crippen molar-refractivity contribution in [2.75, 3.05) is 32.7 Å². The summed E-state index contributed by atoms with van der Waals surface area (Å²) < 4.78 is 13.3. The molecule has 0 aromatic rings. The van der Waals surface area contributed by atoms with Crippen molar-refractivity contribution < 1.29 is 4.39 Å². The summed E-state index contributed by atoms with van der Waals surface area (Å²) in [4.78, 5) is 4.88. The van der Waals surface area contributed by atoms with Gasteiger partial charge in [-0.25, -0.2) is 4.39 Å². The Morgan fingerprint density at radius 1 is 1.22 bits per heavy atom. The van der Waals surface area contributed by atoms with Gasteiger partial charge in [-0.15, -0.1) is 0 Å². The van der Waals surface area contributed by atoms with E-state index in [9.17, 15) is 4.39 Å². The topological polar surface area (TPSA) is 6.48 Å². The number of rotatable bonds is 2. The van der Waals surface area contributed by atoms with Gasteiger partial charge in [0.25, 0.3) is 0 Å². The number of allylic oxidation sites excluding steroid dienone is 3. The molecule has 1 atom stereocenters. The molecule has 0 aromatic carbocycles. The quantitative estimate of drug-likeness (QED) is 0.741. The lowest BCUT2D eigenvalue weighted by Gasteiger charge is -2.42. The first-order valence-corrected chi connectivity index (χ1v) is 6.98. The third kappa shape index (κ3) is 2.73. The van der Waals surface area contributed by atoms with Crippen LogP contribution in [0.3, 0.4) is 0 Å². The molecule has 3 rings (SSSR count). The van der Waals surface area contributed by atoms with Crippen LogP contribution in [-0.2, 0) is 0 Å². The number of fused-ring (bicyclic) bond motifs is 1. The molecule has 18 heavy (non-hydrogen) atoms. The molecular weight excluding hydrogens is 227 g/mol. The van der Waals surface area contributed by atoms with Gasteiger partial charge >= 0.3 is 0 Å². The third-order valence-electron chi connectivity index (χ3n) is 4.16. The number of halogens is 1. The molecule has 0 saturated carbocycles. The first kappa shape index (κ1) is 12.1. The summed E-state index contributed by atoms with van der Waals surface area (Å²) in [7, 11) is 0. The minimum Gasteiger partial charge on any atom is -0.296 e. The molecule has 3 heteroatoms. The van der Waals surface area contributed by atoms with Crippen molar-refractivity contribution in [2.24, 2.45) is 0 Å². The zero-order valence-electron chi connectivity index (χ0n) is 10.8. The highest BCUT2D eigenvalue weighted by atomic mass is 19.1. The zero-order chi connectivity index (χ0) is 12.4. The molecule has 1 aliphatic carbocycles. The van der Waals surface area contributed by atoms with Crippen molar-refractivity contribution in [3.63, 3.8) is 0 Å². The van der Waals surface area contributed by atoms with Gasteiger partial charge in [0.15, 0.2) is 0 Å². The molecule has 1 saturated heterocycles. The van der Waals surface area contributed by atoms with Gasteiger partial charge in [0.05, 0.1) is 5.83 Å². The van der Waals surface area contributed by atoms with Gasteiger partial charge in [-0.05, 0) is 18.9 Å². The van der Waals surface area contributed by atoms with Gasteiger partial charge in [-0.1, -0.05) is 23.8 Å². The Hall–Kier alpha value is -0.930. The summed E-state index contributed by atoms with van der Waals surface area (Å²) in [5, 5.41) is 0. The Balaban J connectivity index is 1.60. The molecule has 0 radical (unpaired) electrons. The second-order valence-corrected chi connectivity index (χ2v) is 5.49. The monoisotopic (exact) mass is 248 g/mol. The SMILES string of the molecule is FC1=CC2CN(CC3=CC=CCC3)CCN2CC1. The molecule has 3 aliphatic rings. The van der Waals surface area contributed by atoms with Crippen LogP contribution < -0.4 is 0 Å². The molecular formula is C15H21FN2. The average Bonchev–Trinajstić information content (AvgIpc) is 2.39. The van der Waals surface area contributed by atoms with Crippen molar-refractivity contribution >= 4 is 0 Å². The summed E-state index contributed by atoms with van der Waals surface area (Å²) in [6.45, 7) is 5.13. The van der Waals surface area contributed by atoms with Gasteiger partial charge < -0.3 is 0 Å². The lowest BCUT2D eigenvalue weighted by molar-refractivity contribution is 0.0939. The summed E-state index contributed by atoms with van der Waals surface area (Å²) >= 11 is 0. The van der Waals surface area contributed by atoms with Crippen molar-refractivity contribution in [1.82, 2.24) is 9.80 Å². The van der Waals surface area contributed by atoms with Crippen LogP contribution in [0.5, 0.6) is 0 Å². The summed E-state index contributed by atoms with van der Waals surface area (Å²) in [5.41, 5.74) is 1.52. The standard InChI is InChI=1S/C15H21FN2/c16-14-6-7-18-9-8-17(12-15(18)10-14)11-13-4-2-1-3-5-13/h1-2,4,10,15H,3,5-9,11-12H2. The Morgan fingerprint density at radius 3 is 3.00 bits per heavy atom. The maximum Gasteiger partial charge on any atom is 0.0988 e. The Labute approximate surface area is 108 Å². The summed E-state index contributed by atoms with van der Waals surface area (Å²) in [5.74, 6) is 0.0814. The predicted molar refractivity (Wildman–Crippen MR) is 72.1 cm³/mol. The van der Waals surface area contributed by atoms with Crippen molar-refractivity contribution in [3.8, 4) is 0 Å². The fraction of sp³-hybridized carbons (Fsp3) is 0.600. The van der Waals surface area contributed by atoms with Gasteiger partial charge in [0, 0.05) is 45.2 Å². The first-order chi connectivity index (χ1) is 8.81. The van der Waals surface area contributed by atoms with Crippen LogP contribution in [0.25, 0.3) is 0 Å².